The highest BCUT2D eigenvalue weighted by Crippen LogP contribution is 2.30. The predicted molar refractivity (Wildman–Crippen MR) is 228 cm³/mol. The van der Waals surface area contributed by atoms with E-state index in [1.54, 1.807) is 7.11 Å². The van der Waals surface area contributed by atoms with Gasteiger partial charge in [-0.25, -0.2) is 0 Å². The molecule has 2 aliphatic rings. The van der Waals surface area contributed by atoms with E-state index < -0.39 is 0 Å². The summed E-state index contributed by atoms with van der Waals surface area (Å²) >= 11 is 22.2. The van der Waals surface area contributed by atoms with Crippen LogP contribution >= 0.6 is 48.9 Å². The van der Waals surface area contributed by atoms with Crippen LogP contribution in [0, 0.1) is 11.8 Å². The number of ether oxygens (including phenoxy) is 2. The molecule has 0 saturated heterocycles. The fourth-order valence-electron chi connectivity index (χ4n) is 5.99. The zero-order valence-corrected chi connectivity index (χ0v) is 34.1. The van der Waals surface area contributed by atoms with Crippen molar-refractivity contribution in [2.24, 2.45) is 32.2 Å². The van der Waals surface area contributed by atoms with E-state index in [1.165, 1.54) is 0 Å². The number of hydrogen-bond acceptors (Lipinski definition) is 10. The fraction of sp³-hybridized carbons (Fsp3) is 0.588. The van der Waals surface area contributed by atoms with Crippen LogP contribution in [-0.2, 0) is 16.1 Å². The van der Waals surface area contributed by atoms with Crippen molar-refractivity contribution in [3.05, 3.63) is 35.9 Å². The summed E-state index contributed by atoms with van der Waals surface area (Å²) in [6, 6.07) is 10.1. The molecule has 1 aromatic rings. The molecule has 0 aliphatic heterocycles. The van der Waals surface area contributed by atoms with E-state index in [-0.39, 0.29) is 17.9 Å². The standard InChI is InChI=1S/C34H54N12O2S4/c1-6-35-31(49)42-38-26-16-15-24(17-20-48-22-23-13-11-10-12-14-23)29(26)40-45-34(52)46(9-4)28-21-27(39-43-32(50)36-7-2)30(25(28)18-19-47-5)41-44-33(51)37-8-3/h10-14,24-25,28H,6-9,15-22H2,1-5H3,(H,45,52)(H2,35,42,49)(H2,36,43,50)(H2,37,44,51)/b38-26+,39-27+,40-29+,41-30+. The molecule has 2 saturated carbocycles. The molecule has 2 aliphatic carbocycles. The van der Waals surface area contributed by atoms with E-state index in [9.17, 15) is 0 Å². The number of thiocarbonyl (C=S) groups is 4. The molecule has 0 aromatic heterocycles. The van der Waals surface area contributed by atoms with Gasteiger partial charge in [0, 0.05) is 70.8 Å². The number of hydrogen-bond donors (Lipinski definition) is 7. The molecular formula is C34H54N12O2S4. The lowest BCUT2D eigenvalue weighted by atomic mass is 9.97. The van der Waals surface area contributed by atoms with E-state index in [4.69, 9.17) is 68.5 Å². The molecule has 14 nitrogen and oxygen atoms in total. The SMILES string of the molecule is CCNC(=S)N/N=C1\CCC(CCOCc2ccccc2)\C1=N/NC(=S)N(CC)C1CC(=N\NC(=S)NCC)/C(=N/NC(=S)NCC)C1CCOC. The van der Waals surface area contributed by atoms with E-state index in [0.717, 1.165) is 47.7 Å². The van der Waals surface area contributed by atoms with Gasteiger partial charge >= 0.3 is 0 Å². The Morgan fingerprint density at radius 1 is 0.750 bits per heavy atom. The molecule has 18 heteroatoms. The minimum absolute atomic E-state index is 0.0909. The van der Waals surface area contributed by atoms with Gasteiger partial charge in [-0.2, -0.15) is 20.4 Å². The van der Waals surface area contributed by atoms with Crippen molar-refractivity contribution in [3.63, 3.8) is 0 Å². The van der Waals surface area contributed by atoms with Crippen LogP contribution in [0.25, 0.3) is 0 Å². The second-order valence-electron chi connectivity index (χ2n) is 11.9. The lowest BCUT2D eigenvalue weighted by Crippen LogP contribution is -2.47. The van der Waals surface area contributed by atoms with Gasteiger partial charge in [0.05, 0.1) is 29.5 Å². The van der Waals surface area contributed by atoms with Crippen molar-refractivity contribution in [3.8, 4) is 0 Å². The highest BCUT2D eigenvalue weighted by molar-refractivity contribution is 7.80. The first kappa shape index (κ1) is 43.0. The summed E-state index contributed by atoms with van der Waals surface area (Å²) in [5.74, 6) is 0.0398. The zero-order chi connectivity index (χ0) is 37.7. The third kappa shape index (κ3) is 13.9. The maximum atomic E-state index is 6.04. The summed E-state index contributed by atoms with van der Waals surface area (Å²) in [5.41, 5.74) is 16.5. The van der Waals surface area contributed by atoms with Gasteiger partial charge in [0.2, 0.25) is 0 Å². The van der Waals surface area contributed by atoms with Gasteiger partial charge in [-0.3, -0.25) is 21.7 Å². The van der Waals surface area contributed by atoms with Crippen LogP contribution in [-0.4, -0.2) is 101 Å². The minimum atomic E-state index is -0.0973. The molecule has 0 spiro atoms. The van der Waals surface area contributed by atoms with E-state index in [1.807, 2.05) is 39.0 Å². The molecule has 0 bridgehead atoms. The number of hydrazone groups is 4. The zero-order valence-electron chi connectivity index (χ0n) is 30.8. The fourth-order valence-corrected chi connectivity index (χ4v) is 6.87. The lowest BCUT2D eigenvalue weighted by molar-refractivity contribution is 0.113. The van der Waals surface area contributed by atoms with Crippen molar-refractivity contribution in [1.82, 2.24) is 42.6 Å². The van der Waals surface area contributed by atoms with Gasteiger partial charge in [-0.1, -0.05) is 30.3 Å². The third-order valence-corrected chi connectivity index (χ3v) is 9.46. The smallest absolute Gasteiger partial charge is 0.189 e. The van der Waals surface area contributed by atoms with Crippen molar-refractivity contribution in [2.75, 3.05) is 46.5 Å². The Kier molecular flexibility index (Phi) is 19.8. The molecular weight excluding hydrogens is 737 g/mol. The van der Waals surface area contributed by atoms with Gasteiger partial charge in [-0.15, -0.1) is 0 Å². The normalized spacial score (nSPS) is 21.3. The molecule has 286 valence electrons. The maximum absolute atomic E-state index is 6.04. The average molecular weight is 791 g/mol. The van der Waals surface area contributed by atoms with Crippen LogP contribution in [0.5, 0.6) is 0 Å². The van der Waals surface area contributed by atoms with Gasteiger partial charge < -0.3 is 30.3 Å². The summed E-state index contributed by atoms with van der Waals surface area (Å²) < 4.78 is 11.6. The largest absolute Gasteiger partial charge is 0.385 e. The van der Waals surface area contributed by atoms with Gasteiger partial charge in [0.15, 0.2) is 20.4 Å². The molecule has 2 fully saturated rings. The molecule has 3 rings (SSSR count). The summed E-state index contributed by atoms with van der Waals surface area (Å²) in [4.78, 5) is 2.13. The highest BCUT2D eigenvalue weighted by atomic mass is 32.1. The molecule has 3 atom stereocenters. The Labute approximate surface area is 329 Å². The van der Waals surface area contributed by atoms with Crippen LogP contribution in [0.3, 0.4) is 0 Å². The van der Waals surface area contributed by atoms with Gasteiger partial charge in [0.25, 0.3) is 0 Å². The van der Waals surface area contributed by atoms with Crippen molar-refractivity contribution < 1.29 is 9.47 Å². The first-order valence-electron chi connectivity index (χ1n) is 17.8. The highest BCUT2D eigenvalue weighted by Gasteiger charge is 2.42. The third-order valence-electron chi connectivity index (χ3n) is 8.43. The minimum Gasteiger partial charge on any atom is -0.385 e. The van der Waals surface area contributed by atoms with Crippen LogP contribution < -0.4 is 37.7 Å². The molecule has 0 radical (unpaired) electrons. The van der Waals surface area contributed by atoms with Crippen molar-refractivity contribution >= 4 is 92.2 Å². The van der Waals surface area contributed by atoms with Crippen LogP contribution in [0.2, 0.25) is 0 Å². The van der Waals surface area contributed by atoms with Crippen LogP contribution in [0.15, 0.2) is 50.7 Å². The maximum Gasteiger partial charge on any atom is 0.189 e. The monoisotopic (exact) mass is 790 g/mol. The number of nitrogens with zero attached hydrogens (tertiary/aromatic N) is 5. The second-order valence-corrected chi connectivity index (χ2v) is 13.6. The Balaban J connectivity index is 1.86. The molecule has 3 unspecified atom stereocenters. The van der Waals surface area contributed by atoms with Crippen molar-refractivity contribution in [2.45, 2.75) is 72.4 Å². The average Bonchev–Trinajstić information content (AvgIpc) is 3.69. The Morgan fingerprint density at radius 2 is 1.35 bits per heavy atom. The summed E-state index contributed by atoms with van der Waals surface area (Å²) in [6.07, 6.45) is 3.66. The number of nitrogens with one attached hydrogen (secondary N) is 7. The molecule has 7 N–H and O–H groups in total. The van der Waals surface area contributed by atoms with E-state index >= 15 is 0 Å². The quantitative estimate of drug-likeness (QED) is 0.0700. The van der Waals surface area contributed by atoms with E-state index in [0.29, 0.717) is 79.3 Å². The number of rotatable bonds is 17. The Hall–Kier alpha value is -3.42. The first-order chi connectivity index (χ1) is 25.3. The summed E-state index contributed by atoms with van der Waals surface area (Å²) in [5, 5.41) is 30.0. The number of benzene rings is 1. The number of methoxy groups -OCH3 is 1. The van der Waals surface area contributed by atoms with Crippen LogP contribution in [0.1, 0.15) is 65.4 Å². The summed E-state index contributed by atoms with van der Waals surface area (Å²) in [7, 11) is 1.69. The molecule has 52 heavy (non-hydrogen) atoms. The Morgan fingerprint density at radius 3 is 1.94 bits per heavy atom. The first-order valence-corrected chi connectivity index (χ1v) is 19.5. The van der Waals surface area contributed by atoms with E-state index in [2.05, 4.69) is 71.8 Å². The molecule has 0 heterocycles. The predicted octanol–water partition coefficient (Wildman–Crippen LogP) is 3.50. The topological polar surface area (TPSA) is 155 Å². The lowest BCUT2D eigenvalue weighted by Gasteiger charge is -2.33. The molecule has 1 aromatic carbocycles. The van der Waals surface area contributed by atoms with Gasteiger partial charge in [0.1, 0.15) is 0 Å². The van der Waals surface area contributed by atoms with Gasteiger partial charge in [-0.05, 0) is 108 Å². The second kappa shape index (κ2) is 24.0. The Bertz CT molecular complexity index is 1460. The molecule has 0 amide bonds. The summed E-state index contributed by atoms with van der Waals surface area (Å²) in [6.45, 7) is 12.3. The van der Waals surface area contributed by atoms with Crippen LogP contribution in [0.4, 0.5) is 0 Å². The van der Waals surface area contributed by atoms with Crippen molar-refractivity contribution in [1.29, 1.82) is 0 Å².